The van der Waals surface area contributed by atoms with E-state index >= 15 is 0 Å². The summed E-state index contributed by atoms with van der Waals surface area (Å²) < 4.78 is 0. The third-order valence-corrected chi connectivity index (χ3v) is 2.49. The Morgan fingerprint density at radius 3 is 3.07 bits per heavy atom. The lowest BCUT2D eigenvalue weighted by atomic mass is 10.1. The number of hydrogen-bond acceptors (Lipinski definition) is 3. The summed E-state index contributed by atoms with van der Waals surface area (Å²) in [7, 11) is 0. The number of hydrogen-bond donors (Lipinski definition) is 2. The van der Waals surface area contributed by atoms with Crippen LogP contribution >= 0.6 is 11.6 Å². The molecule has 0 fully saturated rings. The van der Waals surface area contributed by atoms with Crippen molar-refractivity contribution in [2.24, 2.45) is 5.73 Å². The molecule has 0 unspecified atom stereocenters. The predicted octanol–water partition coefficient (Wildman–Crippen LogP) is 1.75. The van der Waals surface area contributed by atoms with Crippen LogP contribution in [-0.4, -0.2) is 22.5 Å². The van der Waals surface area contributed by atoms with Crippen LogP contribution in [0.5, 0.6) is 0 Å². The largest absolute Gasteiger partial charge is 0.330 e. The summed E-state index contributed by atoms with van der Waals surface area (Å²) in [6.45, 7) is 0.359. The third-order valence-electron chi connectivity index (χ3n) is 2.20. The van der Waals surface area contributed by atoms with Gasteiger partial charge in [-0.15, -0.1) is 0 Å². The maximum Gasteiger partial charge on any atom is 0.164 e. The molecule has 2 rings (SSSR count). The minimum atomic E-state index is 0.0264. The number of carbonyl (C=O) groups excluding carboxylic acids is 1. The average Bonchev–Trinajstić information content (AvgIpc) is 2.60. The van der Waals surface area contributed by atoms with E-state index < -0.39 is 0 Å². The molecule has 0 aliphatic rings. The molecule has 4 nitrogen and oxygen atoms in total. The van der Waals surface area contributed by atoms with Crippen molar-refractivity contribution in [3.63, 3.8) is 0 Å². The van der Waals surface area contributed by atoms with Gasteiger partial charge in [-0.2, -0.15) is 5.10 Å². The van der Waals surface area contributed by atoms with Crippen LogP contribution in [0, 0.1) is 0 Å². The number of fused-ring (bicyclic) bond motifs is 1. The van der Waals surface area contributed by atoms with E-state index in [-0.39, 0.29) is 5.78 Å². The van der Waals surface area contributed by atoms with Crippen molar-refractivity contribution in [3.05, 3.63) is 28.9 Å². The predicted molar refractivity (Wildman–Crippen MR) is 59.1 cm³/mol. The van der Waals surface area contributed by atoms with E-state index in [0.29, 0.717) is 29.2 Å². The maximum atomic E-state index is 11.5. The Kier molecular flexibility index (Phi) is 2.70. The summed E-state index contributed by atoms with van der Waals surface area (Å²) in [5.74, 6) is 0.0264. The molecule has 1 aromatic heterocycles. The number of aromatic amines is 1. The molecule has 0 atom stereocenters. The first-order valence-electron chi connectivity index (χ1n) is 4.59. The van der Waals surface area contributed by atoms with Gasteiger partial charge in [0.2, 0.25) is 0 Å². The SMILES string of the molecule is NCCC(=O)c1ccc2c(Cl)[nH]nc2c1. The fraction of sp³-hybridized carbons (Fsp3) is 0.200. The zero-order valence-corrected chi connectivity index (χ0v) is 8.71. The number of nitrogens with two attached hydrogens (primary N) is 1. The summed E-state index contributed by atoms with van der Waals surface area (Å²) >= 11 is 5.84. The van der Waals surface area contributed by atoms with Crippen LogP contribution in [0.4, 0.5) is 0 Å². The van der Waals surface area contributed by atoms with Crippen LogP contribution in [0.25, 0.3) is 10.9 Å². The van der Waals surface area contributed by atoms with Crippen LogP contribution < -0.4 is 5.73 Å². The van der Waals surface area contributed by atoms with Crippen LogP contribution in [0.3, 0.4) is 0 Å². The summed E-state index contributed by atoms with van der Waals surface area (Å²) in [5.41, 5.74) is 6.64. The van der Waals surface area contributed by atoms with Crippen molar-refractivity contribution in [1.82, 2.24) is 10.2 Å². The number of nitrogens with one attached hydrogen (secondary N) is 1. The molecule has 0 aliphatic heterocycles. The molecule has 0 spiro atoms. The number of rotatable bonds is 3. The summed E-state index contributed by atoms with van der Waals surface area (Å²) in [6, 6.07) is 5.24. The number of aromatic nitrogens is 2. The zero-order valence-electron chi connectivity index (χ0n) is 7.96. The first-order valence-corrected chi connectivity index (χ1v) is 4.97. The molecule has 0 bridgehead atoms. The van der Waals surface area contributed by atoms with Gasteiger partial charge in [0.15, 0.2) is 5.78 Å². The van der Waals surface area contributed by atoms with Gasteiger partial charge in [0.25, 0.3) is 0 Å². The van der Waals surface area contributed by atoms with Crippen molar-refractivity contribution in [2.45, 2.75) is 6.42 Å². The highest BCUT2D eigenvalue weighted by atomic mass is 35.5. The van der Waals surface area contributed by atoms with Gasteiger partial charge in [-0.3, -0.25) is 9.89 Å². The summed E-state index contributed by atoms with van der Waals surface area (Å²) in [5, 5.41) is 7.94. The minimum absolute atomic E-state index is 0.0264. The second kappa shape index (κ2) is 4.00. The molecular weight excluding hydrogens is 214 g/mol. The molecule has 1 heterocycles. The smallest absolute Gasteiger partial charge is 0.164 e. The molecule has 0 amide bonds. The molecular formula is C10H10ClN3O. The molecule has 2 aromatic rings. The maximum absolute atomic E-state index is 11.5. The Labute approximate surface area is 91.4 Å². The lowest BCUT2D eigenvalue weighted by Gasteiger charge is -1.98. The van der Waals surface area contributed by atoms with Gasteiger partial charge in [-0.25, -0.2) is 0 Å². The summed E-state index contributed by atoms with van der Waals surface area (Å²) in [4.78, 5) is 11.5. The quantitative estimate of drug-likeness (QED) is 0.779. The first kappa shape index (κ1) is 10.1. The molecule has 0 radical (unpaired) electrons. The van der Waals surface area contributed by atoms with Gasteiger partial charge in [0.1, 0.15) is 5.15 Å². The fourth-order valence-electron chi connectivity index (χ4n) is 1.43. The van der Waals surface area contributed by atoms with Crippen LogP contribution in [0.15, 0.2) is 18.2 Å². The van der Waals surface area contributed by atoms with E-state index in [1.165, 1.54) is 0 Å². The Bertz CT molecular complexity index is 506. The number of benzene rings is 1. The minimum Gasteiger partial charge on any atom is -0.330 e. The Morgan fingerprint density at radius 1 is 1.53 bits per heavy atom. The molecule has 15 heavy (non-hydrogen) atoms. The highest BCUT2D eigenvalue weighted by molar-refractivity contribution is 6.34. The number of halogens is 1. The zero-order chi connectivity index (χ0) is 10.8. The monoisotopic (exact) mass is 223 g/mol. The molecule has 0 saturated carbocycles. The lowest BCUT2D eigenvalue weighted by molar-refractivity contribution is 0.0985. The van der Waals surface area contributed by atoms with Crippen LogP contribution in [0.2, 0.25) is 5.15 Å². The van der Waals surface area contributed by atoms with E-state index in [4.69, 9.17) is 17.3 Å². The highest BCUT2D eigenvalue weighted by Crippen LogP contribution is 2.21. The van der Waals surface area contributed by atoms with E-state index in [2.05, 4.69) is 10.2 Å². The molecule has 3 N–H and O–H groups in total. The Balaban J connectivity index is 2.43. The summed E-state index contributed by atoms with van der Waals surface area (Å²) in [6.07, 6.45) is 0.351. The number of H-pyrrole nitrogens is 1. The van der Waals surface area contributed by atoms with E-state index in [0.717, 1.165) is 5.39 Å². The number of nitrogens with zero attached hydrogens (tertiary/aromatic N) is 1. The van der Waals surface area contributed by atoms with Gasteiger partial charge in [0, 0.05) is 17.4 Å². The van der Waals surface area contributed by atoms with Crippen molar-refractivity contribution in [2.75, 3.05) is 6.54 Å². The molecule has 0 aliphatic carbocycles. The third kappa shape index (κ3) is 1.86. The molecule has 0 saturated heterocycles. The van der Waals surface area contributed by atoms with Gasteiger partial charge < -0.3 is 5.73 Å². The second-order valence-corrected chi connectivity index (χ2v) is 3.61. The number of ketones is 1. The van der Waals surface area contributed by atoms with Crippen molar-refractivity contribution in [1.29, 1.82) is 0 Å². The van der Waals surface area contributed by atoms with Gasteiger partial charge in [-0.05, 0) is 18.7 Å². The number of carbonyl (C=O) groups is 1. The van der Waals surface area contributed by atoms with Gasteiger partial charge in [-0.1, -0.05) is 17.7 Å². The van der Waals surface area contributed by atoms with Crippen LogP contribution in [0.1, 0.15) is 16.8 Å². The van der Waals surface area contributed by atoms with Gasteiger partial charge in [0.05, 0.1) is 5.52 Å². The standard InChI is InChI=1S/C10H10ClN3O/c11-10-7-2-1-6(9(15)3-4-12)5-8(7)13-14-10/h1-2,5H,3-4,12H2,(H,13,14). The molecule has 5 heteroatoms. The van der Waals surface area contributed by atoms with Crippen molar-refractivity contribution < 1.29 is 4.79 Å². The number of Topliss-reactive ketones (excluding diaryl/α,β-unsaturated/α-hetero) is 1. The first-order chi connectivity index (χ1) is 7.22. The van der Waals surface area contributed by atoms with E-state index in [9.17, 15) is 4.79 Å². The lowest BCUT2D eigenvalue weighted by Crippen LogP contribution is -2.07. The van der Waals surface area contributed by atoms with Crippen molar-refractivity contribution in [3.8, 4) is 0 Å². The topological polar surface area (TPSA) is 71.8 Å². The Hall–Kier alpha value is -1.39. The molecule has 78 valence electrons. The van der Waals surface area contributed by atoms with E-state index in [1.807, 2.05) is 0 Å². The fourth-order valence-corrected chi connectivity index (χ4v) is 1.63. The van der Waals surface area contributed by atoms with E-state index in [1.54, 1.807) is 18.2 Å². The highest BCUT2D eigenvalue weighted by Gasteiger charge is 2.08. The van der Waals surface area contributed by atoms with Gasteiger partial charge >= 0.3 is 0 Å². The average molecular weight is 224 g/mol. The van der Waals surface area contributed by atoms with Crippen molar-refractivity contribution >= 4 is 28.3 Å². The molecule has 1 aromatic carbocycles. The van der Waals surface area contributed by atoms with Crippen LogP contribution in [-0.2, 0) is 0 Å². The second-order valence-electron chi connectivity index (χ2n) is 3.23. The Morgan fingerprint density at radius 2 is 2.33 bits per heavy atom. The normalized spacial score (nSPS) is 10.8.